The van der Waals surface area contributed by atoms with Gasteiger partial charge in [-0.1, -0.05) is 48.9 Å². The van der Waals surface area contributed by atoms with E-state index in [1.165, 1.54) is 49.8 Å². The molecular weight excluding hydrogens is 418 g/mol. The lowest BCUT2D eigenvalue weighted by atomic mass is 9.73. The van der Waals surface area contributed by atoms with Crippen LogP contribution >= 0.6 is 0 Å². The number of hydrogen-bond donors (Lipinski definition) is 1. The van der Waals surface area contributed by atoms with Gasteiger partial charge in [-0.2, -0.15) is 0 Å². The van der Waals surface area contributed by atoms with Gasteiger partial charge in [0, 0.05) is 6.42 Å². The van der Waals surface area contributed by atoms with Crippen LogP contribution in [0.4, 0.5) is 0 Å². The largest absolute Gasteiger partial charge is 0.494 e. The summed E-state index contributed by atoms with van der Waals surface area (Å²) < 4.78 is 5.51. The quantitative estimate of drug-likeness (QED) is 0.391. The zero-order chi connectivity index (χ0) is 23.5. The van der Waals surface area contributed by atoms with E-state index in [1.807, 2.05) is 6.07 Å². The maximum Gasteiger partial charge on any atom is 0.144 e. The van der Waals surface area contributed by atoms with Crippen LogP contribution in [0.5, 0.6) is 5.75 Å². The number of methoxy groups -OCH3 is 1. The number of allylic oxidation sites excluding steroid dienone is 2. The predicted octanol–water partition coefficient (Wildman–Crippen LogP) is 6.65. The molecule has 0 spiro atoms. The number of rotatable bonds is 9. The van der Waals surface area contributed by atoms with E-state index >= 15 is 0 Å². The predicted molar refractivity (Wildman–Crippen MR) is 141 cm³/mol. The smallest absolute Gasteiger partial charge is 0.144 e. The average molecular weight is 458 g/mol. The lowest BCUT2D eigenvalue weighted by Gasteiger charge is -2.33. The van der Waals surface area contributed by atoms with E-state index in [0.717, 1.165) is 59.7 Å². The summed E-state index contributed by atoms with van der Waals surface area (Å²) in [5.74, 6) is 4.30. The van der Waals surface area contributed by atoms with Crippen LogP contribution in [0.1, 0.15) is 55.5 Å². The Hall–Kier alpha value is -2.59. The molecule has 3 aliphatic rings. The topological polar surface area (TPSA) is 41.1 Å². The first-order valence-corrected chi connectivity index (χ1v) is 13.1. The van der Waals surface area contributed by atoms with Crippen molar-refractivity contribution < 1.29 is 4.74 Å². The molecule has 1 heterocycles. The number of nitrogens with one attached hydrogen (secondary N) is 1. The van der Waals surface area contributed by atoms with E-state index in [-0.39, 0.29) is 0 Å². The molecule has 0 amide bonds. The second-order valence-electron chi connectivity index (χ2n) is 10.5. The van der Waals surface area contributed by atoms with Crippen molar-refractivity contribution in [3.8, 4) is 5.75 Å². The first-order valence-electron chi connectivity index (χ1n) is 13.1. The van der Waals surface area contributed by atoms with Crippen molar-refractivity contribution in [2.24, 2.45) is 17.8 Å². The highest BCUT2D eigenvalue weighted by molar-refractivity contribution is 5.84. The molecule has 0 saturated heterocycles. The number of nitrogens with zero attached hydrogens (tertiary/aromatic N) is 2. The monoisotopic (exact) mass is 457 g/mol. The summed E-state index contributed by atoms with van der Waals surface area (Å²) in [5, 5.41) is 0. The van der Waals surface area contributed by atoms with Gasteiger partial charge in [0.25, 0.3) is 0 Å². The standard InChI is InChI=1S/C30H39N3O/c1-21-14-15-27(34-3)30-29(21)31-28(32-30)13-8-17-33(2)18-16-24-19-25-12-7-11-23(24)20-26(25)22-9-5-4-6-10-22/h4-6,9-10,14-15,20,23-25H,7-8,11-13,16-19H2,1-3H3,(H,31,32)/t23-,24-,25-/m0/s1. The second kappa shape index (κ2) is 10.4. The van der Waals surface area contributed by atoms with Gasteiger partial charge in [0.1, 0.15) is 17.1 Å². The van der Waals surface area contributed by atoms with Crippen LogP contribution in [0.25, 0.3) is 16.6 Å². The van der Waals surface area contributed by atoms with E-state index in [1.54, 1.807) is 12.7 Å². The van der Waals surface area contributed by atoms with Gasteiger partial charge in [0.15, 0.2) is 0 Å². The van der Waals surface area contributed by atoms with Crippen LogP contribution in [0.3, 0.4) is 0 Å². The van der Waals surface area contributed by atoms with Crippen molar-refractivity contribution in [3.63, 3.8) is 0 Å². The van der Waals surface area contributed by atoms with Gasteiger partial charge in [-0.15, -0.1) is 0 Å². The van der Waals surface area contributed by atoms with Crippen molar-refractivity contribution in [2.75, 3.05) is 27.2 Å². The molecule has 4 nitrogen and oxygen atoms in total. The first kappa shape index (κ1) is 23.2. The fraction of sp³-hybridized carbons (Fsp3) is 0.500. The molecule has 2 aromatic carbocycles. The van der Waals surface area contributed by atoms with E-state index in [0.29, 0.717) is 0 Å². The lowest BCUT2D eigenvalue weighted by molar-refractivity contribution is 0.250. The molecule has 0 aliphatic heterocycles. The summed E-state index contributed by atoms with van der Waals surface area (Å²) in [5.41, 5.74) is 6.34. The Balaban J connectivity index is 1.13. The SMILES string of the molecule is COc1ccc(C)c2nc(CCCN(C)CC[C@H]3C[C@@H]4CCC[C@H]3C=C4c3ccccc3)[nH]c12. The molecule has 1 fully saturated rings. The number of H-pyrrole nitrogens is 1. The van der Waals surface area contributed by atoms with E-state index < -0.39 is 0 Å². The lowest BCUT2D eigenvalue weighted by Crippen LogP contribution is -2.27. The number of fused-ring (bicyclic) bond motifs is 4. The maximum atomic E-state index is 5.51. The van der Waals surface area contributed by atoms with E-state index in [4.69, 9.17) is 9.72 Å². The molecule has 3 aromatic rings. The molecule has 3 atom stereocenters. The third kappa shape index (κ3) is 4.93. The molecule has 3 aliphatic carbocycles. The summed E-state index contributed by atoms with van der Waals surface area (Å²) in [4.78, 5) is 10.9. The summed E-state index contributed by atoms with van der Waals surface area (Å²) in [6.45, 7) is 4.41. The third-order valence-electron chi connectivity index (χ3n) is 8.14. The maximum absolute atomic E-state index is 5.51. The van der Waals surface area contributed by atoms with Crippen LogP contribution in [0.15, 0.2) is 48.5 Å². The van der Waals surface area contributed by atoms with Gasteiger partial charge in [-0.3, -0.25) is 0 Å². The second-order valence-corrected chi connectivity index (χ2v) is 10.5. The number of ether oxygens (including phenoxy) is 1. The molecule has 2 bridgehead atoms. The minimum atomic E-state index is 0.755. The number of benzene rings is 2. The van der Waals surface area contributed by atoms with E-state index in [9.17, 15) is 0 Å². The van der Waals surface area contributed by atoms with Crippen LogP contribution < -0.4 is 4.74 Å². The number of hydrogen-bond acceptors (Lipinski definition) is 3. The number of aryl methyl sites for hydroxylation is 2. The summed E-state index contributed by atoms with van der Waals surface area (Å²) in [7, 11) is 4.00. The molecule has 6 rings (SSSR count). The highest BCUT2D eigenvalue weighted by atomic mass is 16.5. The van der Waals surface area contributed by atoms with Crippen LogP contribution in [-0.2, 0) is 6.42 Å². The van der Waals surface area contributed by atoms with Crippen molar-refractivity contribution in [2.45, 2.75) is 51.9 Å². The van der Waals surface area contributed by atoms with Crippen LogP contribution in [0, 0.1) is 24.7 Å². The molecule has 0 radical (unpaired) electrons. The Morgan fingerprint density at radius 3 is 2.76 bits per heavy atom. The van der Waals surface area contributed by atoms with Gasteiger partial charge in [-0.05, 0) is 99.7 Å². The van der Waals surface area contributed by atoms with Crippen LogP contribution in [0.2, 0.25) is 0 Å². The molecule has 4 heteroatoms. The Kier molecular flexibility index (Phi) is 7.05. The average Bonchev–Trinajstić information content (AvgIpc) is 3.06. The van der Waals surface area contributed by atoms with Crippen molar-refractivity contribution in [3.05, 3.63) is 65.5 Å². The van der Waals surface area contributed by atoms with Gasteiger partial charge in [-0.25, -0.2) is 4.98 Å². The van der Waals surface area contributed by atoms with Crippen molar-refractivity contribution >= 4 is 16.6 Å². The Labute approximate surface area is 204 Å². The summed E-state index contributed by atoms with van der Waals surface area (Å²) in [6, 6.07) is 15.2. The fourth-order valence-electron chi connectivity index (χ4n) is 6.21. The highest BCUT2D eigenvalue weighted by Gasteiger charge is 2.34. The summed E-state index contributed by atoms with van der Waals surface area (Å²) >= 11 is 0. The van der Waals surface area contributed by atoms with Crippen molar-refractivity contribution in [1.29, 1.82) is 0 Å². The molecule has 1 aromatic heterocycles. The minimum Gasteiger partial charge on any atom is -0.494 e. The minimum absolute atomic E-state index is 0.755. The zero-order valence-corrected chi connectivity index (χ0v) is 21.0. The van der Waals surface area contributed by atoms with Gasteiger partial charge >= 0.3 is 0 Å². The molecule has 34 heavy (non-hydrogen) atoms. The highest BCUT2D eigenvalue weighted by Crippen LogP contribution is 2.47. The molecule has 1 saturated carbocycles. The van der Waals surface area contributed by atoms with Crippen LogP contribution in [-0.4, -0.2) is 42.1 Å². The molecular formula is C30H39N3O. The molecule has 1 N–H and O–H groups in total. The fourth-order valence-corrected chi connectivity index (χ4v) is 6.21. The summed E-state index contributed by atoms with van der Waals surface area (Å²) in [6.07, 6.45) is 11.6. The number of aromatic amines is 1. The van der Waals surface area contributed by atoms with E-state index in [2.05, 4.69) is 66.3 Å². The number of imidazole rings is 1. The Morgan fingerprint density at radius 1 is 1.09 bits per heavy atom. The Bertz CT molecular complexity index is 1130. The van der Waals surface area contributed by atoms with Crippen molar-refractivity contribution in [1.82, 2.24) is 14.9 Å². The van der Waals surface area contributed by atoms with Gasteiger partial charge < -0.3 is 14.6 Å². The molecule has 180 valence electrons. The zero-order valence-electron chi connectivity index (χ0n) is 21.0. The Morgan fingerprint density at radius 2 is 1.94 bits per heavy atom. The van der Waals surface area contributed by atoms with Gasteiger partial charge in [0.05, 0.1) is 12.6 Å². The third-order valence-corrected chi connectivity index (χ3v) is 8.14. The van der Waals surface area contributed by atoms with Gasteiger partial charge in [0.2, 0.25) is 0 Å². The number of aromatic nitrogens is 2. The first-order chi connectivity index (χ1) is 16.6. The normalized spacial score (nSPS) is 22.2. The molecule has 0 unspecified atom stereocenters.